The first-order valence-corrected chi connectivity index (χ1v) is 9.38. The number of amides is 3. The van der Waals surface area contributed by atoms with E-state index in [1.165, 1.54) is 19.1 Å². The van der Waals surface area contributed by atoms with Crippen molar-refractivity contribution in [3.05, 3.63) is 58.6 Å². The molecule has 0 radical (unpaired) electrons. The van der Waals surface area contributed by atoms with Crippen LogP contribution in [0.1, 0.15) is 35.7 Å². The Kier molecular flexibility index (Phi) is 5.98. The van der Waals surface area contributed by atoms with E-state index in [0.29, 0.717) is 22.0 Å². The van der Waals surface area contributed by atoms with Gasteiger partial charge in [-0.3, -0.25) is 19.3 Å². The van der Waals surface area contributed by atoms with E-state index >= 15 is 0 Å². The van der Waals surface area contributed by atoms with Gasteiger partial charge >= 0.3 is 5.97 Å². The Bertz CT molecular complexity index is 988. The number of nitrogens with one attached hydrogen (secondary N) is 1. The van der Waals surface area contributed by atoms with E-state index in [0.717, 1.165) is 4.90 Å². The fourth-order valence-electron chi connectivity index (χ4n) is 2.90. The molecule has 2 aromatic rings. The van der Waals surface area contributed by atoms with Crippen molar-refractivity contribution in [1.29, 1.82) is 0 Å². The van der Waals surface area contributed by atoms with Gasteiger partial charge in [0.05, 0.1) is 11.3 Å². The predicted molar refractivity (Wildman–Crippen MR) is 108 cm³/mol. The van der Waals surface area contributed by atoms with Gasteiger partial charge in [-0.05, 0) is 49.7 Å². The summed E-state index contributed by atoms with van der Waals surface area (Å²) in [5.74, 6) is -1.88. The van der Waals surface area contributed by atoms with Crippen molar-refractivity contribution >= 4 is 46.7 Å². The molecule has 3 amide bonds. The Morgan fingerprint density at radius 1 is 1.10 bits per heavy atom. The SMILES string of the molecule is Cc1c(Cl)cccc1NC(=O)[C@@H](C)OC(=O)c1cccc(N2C(=O)CCC2=O)c1. The summed E-state index contributed by atoms with van der Waals surface area (Å²) in [7, 11) is 0. The first kappa shape index (κ1) is 20.5. The normalized spacial score (nSPS) is 14.7. The lowest BCUT2D eigenvalue weighted by Crippen LogP contribution is -2.31. The Hall–Kier alpha value is -3.19. The second-order valence-corrected chi connectivity index (χ2v) is 7.03. The first-order valence-electron chi connectivity index (χ1n) is 9.00. The molecule has 1 aliphatic heterocycles. The molecule has 0 aliphatic carbocycles. The van der Waals surface area contributed by atoms with E-state index in [-0.39, 0.29) is 30.2 Å². The van der Waals surface area contributed by atoms with E-state index in [1.807, 2.05) is 0 Å². The number of ether oxygens (including phenoxy) is 1. The minimum absolute atomic E-state index is 0.133. The number of hydrogen-bond acceptors (Lipinski definition) is 5. The summed E-state index contributed by atoms with van der Waals surface area (Å²) in [5.41, 5.74) is 1.67. The molecule has 1 atom stereocenters. The third-order valence-corrected chi connectivity index (χ3v) is 4.98. The summed E-state index contributed by atoms with van der Waals surface area (Å²) in [6.45, 7) is 3.21. The van der Waals surface area contributed by atoms with Crippen molar-refractivity contribution in [2.45, 2.75) is 32.8 Å². The maximum Gasteiger partial charge on any atom is 0.338 e. The molecular weight excluding hydrogens is 396 g/mol. The summed E-state index contributed by atoms with van der Waals surface area (Å²) in [5, 5.41) is 3.19. The van der Waals surface area contributed by atoms with Gasteiger partial charge in [-0.25, -0.2) is 4.79 Å². The lowest BCUT2D eigenvalue weighted by Gasteiger charge is -2.17. The number of carbonyl (C=O) groups is 4. The average Bonchev–Trinajstić information content (AvgIpc) is 3.03. The number of rotatable bonds is 5. The van der Waals surface area contributed by atoms with Crippen molar-refractivity contribution in [2.75, 3.05) is 10.2 Å². The van der Waals surface area contributed by atoms with Gasteiger partial charge in [-0.2, -0.15) is 0 Å². The van der Waals surface area contributed by atoms with E-state index < -0.39 is 18.0 Å². The van der Waals surface area contributed by atoms with E-state index in [1.54, 1.807) is 37.3 Å². The molecule has 150 valence electrons. The Morgan fingerprint density at radius 3 is 2.45 bits per heavy atom. The molecular formula is C21H19ClN2O5. The highest BCUT2D eigenvalue weighted by Crippen LogP contribution is 2.25. The summed E-state index contributed by atoms with van der Waals surface area (Å²) in [6.07, 6.45) is -0.777. The maximum atomic E-state index is 12.5. The highest BCUT2D eigenvalue weighted by atomic mass is 35.5. The quantitative estimate of drug-likeness (QED) is 0.597. The van der Waals surface area contributed by atoms with Gasteiger partial charge in [-0.15, -0.1) is 0 Å². The molecule has 0 bridgehead atoms. The molecule has 1 fully saturated rings. The zero-order valence-corrected chi connectivity index (χ0v) is 16.7. The van der Waals surface area contributed by atoms with E-state index in [2.05, 4.69) is 5.32 Å². The van der Waals surface area contributed by atoms with Crippen molar-refractivity contribution in [1.82, 2.24) is 0 Å². The number of benzene rings is 2. The van der Waals surface area contributed by atoms with Crippen molar-refractivity contribution in [2.24, 2.45) is 0 Å². The molecule has 1 N–H and O–H groups in total. The topological polar surface area (TPSA) is 92.8 Å². The van der Waals surface area contributed by atoms with Crippen LogP contribution in [0.4, 0.5) is 11.4 Å². The van der Waals surface area contributed by atoms with E-state index in [4.69, 9.17) is 16.3 Å². The first-order chi connectivity index (χ1) is 13.8. The van der Waals surface area contributed by atoms with Gasteiger partial charge in [0.25, 0.3) is 5.91 Å². The summed E-state index contributed by atoms with van der Waals surface area (Å²) in [6, 6.07) is 11.1. The zero-order valence-electron chi connectivity index (χ0n) is 15.9. The minimum atomic E-state index is -1.07. The molecule has 0 spiro atoms. The Labute approximate surface area is 172 Å². The van der Waals surface area contributed by atoms with Gasteiger partial charge in [0.1, 0.15) is 0 Å². The van der Waals surface area contributed by atoms with Gasteiger partial charge in [-0.1, -0.05) is 23.7 Å². The third kappa shape index (κ3) is 4.46. The van der Waals surface area contributed by atoms with Crippen LogP contribution in [-0.4, -0.2) is 29.8 Å². The molecule has 1 aliphatic rings. The number of hydrogen-bond donors (Lipinski definition) is 1. The highest BCUT2D eigenvalue weighted by molar-refractivity contribution is 6.31. The molecule has 0 unspecified atom stereocenters. The second-order valence-electron chi connectivity index (χ2n) is 6.62. The lowest BCUT2D eigenvalue weighted by molar-refractivity contribution is -0.124. The van der Waals surface area contributed by atoms with Crippen LogP contribution >= 0.6 is 11.6 Å². The third-order valence-electron chi connectivity index (χ3n) is 4.57. The summed E-state index contributed by atoms with van der Waals surface area (Å²) >= 11 is 6.04. The maximum absolute atomic E-state index is 12.5. The molecule has 1 heterocycles. The number of nitrogens with zero attached hydrogens (tertiary/aromatic N) is 1. The lowest BCUT2D eigenvalue weighted by atomic mass is 10.2. The standard InChI is InChI=1S/C21H19ClN2O5/c1-12-16(22)7-4-8-17(12)23-20(27)13(2)29-21(28)14-5-3-6-15(11-14)24-18(25)9-10-19(24)26/h3-8,11,13H,9-10H2,1-2H3,(H,23,27)/t13-/m1/s1. The number of halogens is 1. The van der Waals surface area contributed by atoms with Crippen molar-refractivity contribution in [3.63, 3.8) is 0 Å². The Morgan fingerprint density at radius 2 is 1.76 bits per heavy atom. The van der Waals surface area contributed by atoms with Gasteiger partial charge < -0.3 is 10.1 Å². The monoisotopic (exact) mass is 414 g/mol. The van der Waals surface area contributed by atoms with Crippen LogP contribution in [0.2, 0.25) is 5.02 Å². The molecule has 29 heavy (non-hydrogen) atoms. The highest BCUT2D eigenvalue weighted by Gasteiger charge is 2.30. The smallest absolute Gasteiger partial charge is 0.338 e. The second kappa shape index (κ2) is 8.45. The van der Waals surface area contributed by atoms with Gasteiger partial charge in [0.2, 0.25) is 11.8 Å². The molecule has 3 rings (SSSR count). The van der Waals surface area contributed by atoms with Crippen LogP contribution in [-0.2, 0) is 19.1 Å². The average molecular weight is 415 g/mol. The predicted octanol–water partition coefficient (Wildman–Crippen LogP) is 3.49. The number of imide groups is 1. The van der Waals surface area contributed by atoms with Crippen molar-refractivity contribution in [3.8, 4) is 0 Å². The van der Waals surface area contributed by atoms with Gasteiger partial charge in [0.15, 0.2) is 6.10 Å². The minimum Gasteiger partial charge on any atom is -0.449 e. The summed E-state index contributed by atoms with van der Waals surface area (Å²) < 4.78 is 5.24. The molecule has 1 saturated heterocycles. The van der Waals surface area contributed by atoms with Crippen LogP contribution in [0, 0.1) is 6.92 Å². The molecule has 0 saturated carbocycles. The Balaban J connectivity index is 1.69. The fraction of sp³-hybridized carbons (Fsp3) is 0.238. The van der Waals surface area contributed by atoms with Crippen LogP contribution < -0.4 is 10.2 Å². The number of anilines is 2. The molecule has 8 heteroatoms. The number of esters is 1. The van der Waals surface area contributed by atoms with E-state index in [9.17, 15) is 19.2 Å². The molecule has 2 aromatic carbocycles. The zero-order chi connectivity index (χ0) is 21.1. The van der Waals surface area contributed by atoms with Crippen LogP contribution in [0.15, 0.2) is 42.5 Å². The van der Waals surface area contributed by atoms with Crippen LogP contribution in [0.5, 0.6) is 0 Å². The molecule has 7 nitrogen and oxygen atoms in total. The molecule has 0 aromatic heterocycles. The van der Waals surface area contributed by atoms with Gasteiger partial charge in [0, 0.05) is 23.6 Å². The van der Waals surface area contributed by atoms with Crippen LogP contribution in [0.3, 0.4) is 0 Å². The summed E-state index contributed by atoms with van der Waals surface area (Å²) in [4.78, 5) is 49.6. The number of carbonyl (C=O) groups excluding carboxylic acids is 4. The van der Waals surface area contributed by atoms with Crippen LogP contribution in [0.25, 0.3) is 0 Å². The van der Waals surface area contributed by atoms with Crippen molar-refractivity contribution < 1.29 is 23.9 Å². The largest absolute Gasteiger partial charge is 0.449 e. The fourth-order valence-corrected chi connectivity index (χ4v) is 3.07.